The highest BCUT2D eigenvalue weighted by Crippen LogP contribution is 2.16. The maximum atomic E-state index is 5.91. The third-order valence-electron chi connectivity index (χ3n) is 2.77. The van der Waals surface area contributed by atoms with Crippen molar-refractivity contribution in [1.82, 2.24) is 15.0 Å². The molecule has 20 heavy (non-hydrogen) atoms. The second kappa shape index (κ2) is 5.87. The van der Waals surface area contributed by atoms with E-state index in [1.54, 1.807) is 31.3 Å². The summed E-state index contributed by atoms with van der Waals surface area (Å²) in [6.07, 6.45) is 3.21. The molecule has 0 aliphatic carbocycles. The molecule has 1 aromatic heterocycles. The van der Waals surface area contributed by atoms with Crippen molar-refractivity contribution in [3.63, 3.8) is 0 Å². The van der Waals surface area contributed by atoms with Gasteiger partial charge in [0.1, 0.15) is 17.3 Å². The van der Waals surface area contributed by atoms with Crippen molar-refractivity contribution < 1.29 is 4.74 Å². The van der Waals surface area contributed by atoms with Crippen LogP contribution in [-0.2, 0) is 7.05 Å². The van der Waals surface area contributed by atoms with Crippen molar-refractivity contribution in [3.8, 4) is 5.75 Å². The maximum Gasteiger partial charge on any atom is 0.132 e. The first-order valence-corrected chi connectivity index (χ1v) is 6.00. The van der Waals surface area contributed by atoms with Gasteiger partial charge in [-0.2, -0.15) is 0 Å². The van der Waals surface area contributed by atoms with Crippen LogP contribution in [0, 0.1) is 0 Å². The van der Waals surface area contributed by atoms with E-state index >= 15 is 0 Å². The zero-order valence-corrected chi connectivity index (χ0v) is 11.4. The summed E-state index contributed by atoms with van der Waals surface area (Å²) in [4.78, 5) is 4.13. The Hall–Kier alpha value is -2.83. The number of anilines is 2. The molecular weight excluding hydrogens is 256 g/mol. The summed E-state index contributed by atoms with van der Waals surface area (Å²) in [6.45, 7) is 0. The lowest BCUT2D eigenvalue weighted by atomic mass is 10.3. The highest BCUT2D eigenvalue weighted by atomic mass is 16.5. The molecule has 7 nitrogen and oxygen atoms in total. The molecule has 7 heteroatoms. The number of hydrogen-bond acceptors (Lipinski definition) is 6. The van der Waals surface area contributed by atoms with Gasteiger partial charge in [-0.1, -0.05) is 6.07 Å². The van der Waals surface area contributed by atoms with Crippen molar-refractivity contribution in [3.05, 3.63) is 42.5 Å². The largest absolute Gasteiger partial charge is 0.497 e. The van der Waals surface area contributed by atoms with Crippen LogP contribution in [0.15, 0.2) is 36.8 Å². The molecule has 0 saturated carbocycles. The molecule has 2 aromatic rings. The van der Waals surface area contributed by atoms with Crippen LogP contribution in [-0.4, -0.2) is 16.7 Å². The van der Waals surface area contributed by atoms with Crippen LogP contribution in [0.1, 0.15) is 5.69 Å². The Bertz CT molecular complexity index is 619. The number of benzene rings is 1. The smallest absolute Gasteiger partial charge is 0.132 e. The van der Waals surface area contributed by atoms with Gasteiger partial charge in [0.15, 0.2) is 0 Å². The van der Waals surface area contributed by atoms with E-state index < -0.39 is 0 Å². The zero-order chi connectivity index (χ0) is 14.5. The summed E-state index contributed by atoms with van der Waals surface area (Å²) in [7, 11) is 3.43. The van der Waals surface area contributed by atoms with E-state index in [1.807, 2.05) is 24.3 Å². The Morgan fingerprint density at radius 1 is 1.45 bits per heavy atom. The van der Waals surface area contributed by atoms with Gasteiger partial charge < -0.3 is 31.6 Å². The van der Waals surface area contributed by atoms with Crippen molar-refractivity contribution in [2.45, 2.75) is 0 Å². The van der Waals surface area contributed by atoms with E-state index in [1.165, 1.54) is 0 Å². The number of nitrogens with two attached hydrogens (primary N) is 2. The van der Waals surface area contributed by atoms with Crippen LogP contribution in [0.25, 0.3) is 5.70 Å². The molecular formula is C13H18N6O. The Labute approximate surface area is 117 Å². The number of hydrogen-bond donors (Lipinski definition) is 4. The standard InChI is InChI=1S/C13H18N6O/c1-19-8-16-12(13(19)15)11(14)7-17-18-9-4-3-5-10(6-9)20-2/h3-8,17-18H,14-15H2,1-2H3/b11-7-. The van der Waals surface area contributed by atoms with E-state index in [2.05, 4.69) is 15.8 Å². The maximum absolute atomic E-state index is 5.91. The predicted molar refractivity (Wildman–Crippen MR) is 79.5 cm³/mol. The van der Waals surface area contributed by atoms with Crippen LogP contribution < -0.4 is 27.1 Å². The van der Waals surface area contributed by atoms with E-state index in [0.29, 0.717) is 17.2 Å². The zero-order valence-electron chi connectivity index (χ0n) is 11.4. The van der Waals surface area contributed by atoms with Crippen LogP contribution in [0.2, 0.25) is 0 Å². The molecule has 0 fully saturated rings. The van der Waals surface area contributed by atoms with Gasteiger partial charge in [0, 0.05) is 19.3 Å². The lowest BCUT2D eigenvalue weighted by molar-refractivity contribution is 0.415. The van der Waals surface area contributed by atoms with E-state index in [0.717, 1.165) is 11.4 Å². The molecule has 0 spiro atoms. The van der Waals surface area contributed by atoms with E-state index in [4.69, 9.17) is 16.2 Å². The van der Waals surface area contributed by atoms with Crippen LogP contribution in [0.3, 0.4) is 0 Å². The number of imidazole rings is 1. The molecule has 6 N–H and O–H groups in total. The lowest BCUT2D eigenvalue weighted by Gasteiger charge is -2.08. The minimum Gasteiger partial charge on any atom is -0.497 e. The molecule has 0 amide bonds. The van der Waals surface area contributed by atoms with Gasteiger partial charge >= 0.3 is 0 Å². The monoisotopic (exact) mass is 274 g/mol. The minimum absolute atomic E-state index is 0.443. The second-order valence-electron chi connectivity index (χ2n) is 4.19. The van der Waals surface area contributed by atoms with Crippen molar-refractivity contribution in [2.24, 2.45) is 12.8 Å². The number of nitrogens with one attached hydrogen (secondary N) is 2. The van der Waals surface area contributed by atoms with E-state index in [-0.39, 0.29) is 0 Å². The molecule has 0 aliphatic rings. The predicted octanol–water partition coefficient (Wildman–Crippen LogP) is 0.885. The minimum atomic E-state index is 0.443. The third-order valence-corrected chi connectivity index (χ3v) is 2.77. The average Bonchev–Trinajstić information content (AvgIpc) is 2.79. The van der Waals surface area contributed by atoms with Crippen LogP contribution in [0.4, 0.5) is 11.5 Å². The number of methoxy groups -OCH3 is 1. The molecule has 0 radical (unpaired) electrons. The first-order chi connectivity index (χ1) is 9.61. The summed E-state index contributed by atoms with van der Waals surface area (Å²) < 4.78 is 6.83. The molecule has 0 aliphatic heterocycles. The Balaban J connectivity index is 2.00. The van der Waals surface area contributed by atoms with E-state index in [9.17, 15) is 0 Å². The molecule has 0 atom stereocenters. The van der Waals surface area contributed by atoms with Gasteiger partial charge in [0.2, 0.25) is 0 Å². The van der Waals surface area contributed by atoms with Gasteiger partial charge in [0.05, 0.1) is 24.8 Å². The SMILES string of the molecule is COc1cccc(NN/C=C(\N)c2ncn(C)c2N)c1. The van der Waals surface area contributed by atoms with Gasteiger partial charge in [0.25, 0.3) is 0 Å². The Morgan fingerprint density at radius 3 is 2.90 bits per heavy atom. The highest BCUT2D eigenvalue weighted by molar-refractivity contribution is 5.68. The van der Waals surface area contributed by atoms with Crippen LogP contribution in [0.5, 0.6) is 5.75 Å². The first-order valence-electron chi connectivity index (χ1n) is 6.00. The number of hydrazine groups is 1. The summed E-state index contributed by atoms with van der Waals surface area (Å²) in [5.41, 5.74) is 19.5. The number of nitrogens with zero attached hydrogens (tertiary/aromatic N) is 2. The molecule has 0 bridgehead atoms. The van der Waals surface area contributed by atoms with Crippen molar-refractivity contribution in [2.75, 3.05) is 18.3 Å². The van der Waals surface area contributed by atoms with Gasteiger partial charge in [-0.15, -0.1) is 0 Å². The number of rotatable bonds is 5. The summed E-state index contributed by atoms with van der Waals surface area (Å²) in [5.74, 6) is 1.28. The number of nitrogen functional groups attached to an aromatic ring is 1. The van der Waals surface area contributed by atoms with Gasteiger partial charge in [-0.05, 0) is 12.1 Å². The lowest BCUT2D eigenvalue weighted by Crippen LogP contribution is -2.17. The number of aromatic nitrogens is 2. The molecule has 2 rings (SSSR count). The molecule has 1 heterocycles. The van der Waals surface area contributed by atoms with Gasteiger partial charge in [-0.25, -0.2) is 4.98 Å². The fourth-order valence-electron chi connectivity index (χ4n) is 1.63. The first kappa shape index (κ1) is 13.6. The highest BCUT2D eigenvalue weighted by Gasteiger charge is 2.07. The molecule has 0 unspecified atom stereocenters. The number of aryl methyl sites for hydroxylation is 1. The Kier molecular flexibility index (Phi) is 3.99. The molecule has 106 valence electrons. The summed E-state index contributed by atoms with van der Waals surface area (Å²) in [5, 5.41) is 0. The van der Waals surface area contributed by atoms with Crippen molar-refractivity contribution in [1.29, 1.82) is 0 Å². The summed E-state index contributed by atoms with van der Waals surface area (Å²) >= 11 is 0. The fraction of sp³-hybridized carbons (Fsp3) is 0.154. The quantitative estimate of drug-likeness (QED) is 0.604. The van der Waals surface area contributed by atoms with Gasteiger partial charge in [-0.3, -0.25) is 0 Å². The topological polar surface area (TPSA) is 103 Å². The molecule has 0 saturated heterocycles. The normalized spacial score (nSPS) is 11.2. The average molecular weight is 274 g/mol. The fourth-order valence-corrected chi connectivity index (χ4v) is 1.63. The third kappa shape index (κ3) is 2.94. The van der Waals surface area contributed by atoms with Crippen molar-refractivity contribution >= 4 is 17.2 Å². The van der Waals surface area contributed by atoms with Crippen LogP contribution >= 0.6 is 0 Å². The number of ether oxygens (including phenoxy) is 1. The second-order valence-corrected chi connectivity index (χ2v) is 4.19. The summed E-state index contributed by atoms with van der Waals surface area (Å²) in [6, 6.07) is 7.50. The Morgan fingerprint density at radius 2 is 2.25 bits per heavy atom. The molecule has 1 aromatic carbocycles.